The highest BCUT2D eigenvalue weighted by atomic mass is 32.2. The molecule has 1 atom stereocenters. The van der Waals surface area contributed by atoms with Crippen molar-refractivity contribution in [1.29, 1.82) is 0 Å². The lowest BCUT2D eigenvalue weighted by atomic mass is 10.1. The molecule has 1 unspecified atom stereocenters. The van der Waals surface area contributed by atoms with E-state index in [-0.39, 0.29) is 21.2 Å². The molecule has 0 bridgehead atoms. The maximum atomic E-state index is 13.3. The fraction of sp³-hybridized carbons (Fsp3) is 0.444. The number of nitrogens with zero attached hydrogens (tertiary/aromatic N) is 2. The van der Waals surface area contributed by atoms with E-state index in [1.165, 1.54) is 32.9 Å². The van der Waals surface area contributed by atoms with Crippen molar-refractivity contribution in [3.8, 4) is 0 Å². The number of anilines is 1. The van der Waals surface area contributed by atoms with E-state index < -0.39 is 33.4 Å². The number of halogens is 3. The molecule has 1 aliphatic carbocycles. The van der Waals surface area contributed by atoms with Crippen LogP contribution in [0, 0.1) is 6.92 Å². The number of aliphatic hydroxyl groups is 1. The Labute approximate surface area is 175 Å². The molecule has 1 aliphatic rings. The van der Waals surface area contributed by atoms with Crippen molar-refractivity contribution in [2.75, 3.05) is 5.32 Å². The number of aromatic nitrogens is 1. The predicted octanol–water partition coefficient (Wildman–Crippen LogP) is 4.12. The number of nitrogens with two attached hydrogens (primary N) is 1. The normalized spacial score (nSPS) is 16.1. The summed E-state index contributed by atoms with van der Waals surface area (Å²) in [6, 6.07) is 1.81. The molecule has 0 spiro atoms. The quantitative estimate of drug-likeness (QED) is 0.636. The molecule has 3 rings (SSSR count). The SMILES string of the molecule is Cc1c(C(F)(F)F)nc2c(c1NC(=O)N=S(N)(=O)c1ccc(C(C)(C)O)s1)CCC2. The first-order valence-electron chi connectivity index (χ1n) is 8.98. The highest BCUT2D eigenvalue weighted by Gasteiger charge is 2.38. The van der Waals surface area contributed by atoms with Crippen LogP contribution in [0.5, 0.6) is 0 Å². The van der Waals surface area contributed by atoms with E-state index in [1.54, 1.807) is 0 Å². The van der Waals surface area contributed by atoms with Gasteiger partial charge in [-0.1, -0.05) is 0 Å². The number of carbonyl (C=O) groups is 1. The van der Waals surface area contributed by atoms with Gasteiger partial charge in [-0.05, 0) is 57.7 Å². The molecule has 2 amide bonds. The minimum absolute atomic E-state index is 0.0165. The summed E-state index contributed by atoms with van der Waals surface area (Å²) in [6.45, 7) is 4.30. The van der Waals surface area contributed by atoms with Crippen molar-refractivity contribution in [1.82, 2.24) is 4.98 Å². The molecule has 7 nitrogen and oxygen atoms in total. The van der Waals surface area contributed by atoms with E-state index in [0.29, 0.717) is 29.7 Å². The zero-order valence-electron chi connectivity index (χ0n) is 16.5. The number of rotatable bonds is 3. The number of aryl methyl sites for hydroxylation is 1. The van der Waals surface area contributed by atoms with Gasteiger partial charge in [-0.15, -0.1) is 15.7 Å². The summed E-state index contributed by atoms with van der Waals surface area (Å²) in [5, 5.41) is 18.1. The highest BCUT2D eigenvalue weighted by molar-refractivity contribution is 7.93. The monoisotopic (exact) mass is 462 g/mol. The molecule has 0 saturated heterocycles. The number of urea groups is 1. The Hall–Kier alpha value is -2.02. The fourth-order valence-corrected chi connectivity index (χ4v) is 5.48. The van der Waals surface area contributed by atoms with Gasteiger partial charge in [0.2, 0.25) is 0 Å². The van der Waals surface area contributed by atoms with Crippen LogP contribution in [0.15, 0.2) is 20.7 Å². The summed E-state index contributed by atoms with van der Waals surface area (Å²) in [5.74, 6) is 0. The second-order valence-corrected chi connectivity index (χ2v) is 10.6. The van der Waals surface area contributed by atoms with Gasteiger partial charge in [-0.3, -0.25) is 0 Å². The van der Waals surface area contributed by atoms with Crippen LogP contribution in [0.3, 0.4) is 0 Å². The van der Waals surface area contributed by atoms with Crippen LogP contribution >= 0.6 is 11.3 Å². The summed E-state index contributed by atoms with van der Waals surface area (Å²) in [6.07, 6.45) is -3.22. The van der Waals surface area contributed by atoms with Crippen molar-refractivity contribution in [3.05, 3.63) is 39.5 Å². The number of nitrogens with one attached hydrogen (secondary N) is 1. The molecule has 2 heterocycles. The number of hydrogen-bond donors (Lipinski definition) is 3. The number of pyridine rings is 1. The molecule has 0 aliphatic heterocycles. The molecule has 0 radical (unpaired) electrons. The van der Waals surface area contributed by atoms with Gasteiger partial charge in [-0.25, -0.2) is 19.1 Å². The largest absolute Gasteiger partial charge is 0.433 e. The number of amides is 2. The average Bonchev–Trinajstić information content (AvgIpc) is 3.24. The maximum absolute atomic E-state index is 13.3. The number of hydrogen-bond acceptors (Lipinski definition) is 5. The van der Waals surface area contributed by atoms with Crippen LogP contribution in [-0.2, 0) is 34.5 Å². The van der Waals surface area contributed by atoms with E-state index in [4.69, 9.17) is 5.14 Å². The maximum Gasteiger partial charge on any atom is 0.433 e. The van der Waals surface area contributed by atoms with Gasteiger partial charge >= 0.3 is 12.2 Å². The van der Waals surface area contributed by atoms with Gasteiger partial charge in [0.05, 0.1) is 11.3 Å². The molecule has 0 saturated carbocycles. The Morgan fingerprint density at radius 2 is 2.00 bits per heavy atom. The van der Waals surface area contributed by atoms with Crippen molar-refractivity contribution >= 4 is 33.0 Å². The van der Waals surface area contributed by atoms with Gasteiger partial charge in [-0.2, -0.15) is 13.2 Å². The minimum atomic E-state index is -4.68. The Morgan fingerprint density at radius 3 is 2.57 bits per heavy atom. The zero-order valence-corrected chi connectivity index (χ0v) is 18.1. The van der Waals surface area contributed by atoms with Gasteiger partial charge in [0.25, 0.3) is 0 Å². The summed E-state index contributed by atoms with van der Waals surface area (Å²) in [5.41, 5.74) is -1.70. The van der Waals surface area contributed by atoms with Gasteiger partial charge in [0.1, 0.15) is 9.90 Å². The van der Waals surface area contributed by atoms with Crippen LogP contribution < -0.4 is 10.5 Å². The summed E-state index contributed by atoms with van der Waals surface area (Å²) in [7, 11) is -3.65. The van der Waals surface area contributed by atoms with E-state index in [9.17, 15) is 27.3 Å². The third kappa shape index (κ3) is 4.51. The van der Waals surface area contributed by atoms with Crippen LogP contribution in [0.2, 0.25) is 0 Å². The van der Waals surface area contributed by atoms with Crippen molar-refractivity contribution in [2.45, 2.75) is 56.0 Å². The molecular formula is C18H21F3N4O3S2. The smallest absolute Gasteiger partial charge is 0.385 e. The fourth-order valence-electron chi connectivity index (χ4n) is 3.23. The van der Waals surface area contributed by atoms with Crippen LogP contribution in [-0.4, -0.2) is 20.3 Å². The van der Waals surface area contributed by atoms with Gasteiger partial charge in [0, 0.05) is 16.1 Å². The van der Waals surface area contributed by atoms with Crippen LogP contribution in [0.1, 0.15) is 47.7 Å². The Kier molecular flexibility index (Phi) is 5.73. The van der Waals surface area contributed by atoms with E-state index >= 15 is 0 Å². The molecule has 4 N–H and O–H groups in total. The summed E-state index contributed by atoms with van der Waals surface area (Å²) >= 11 is 0.941. The lowest BCUT2D eigenvalue weighted by Crippen LogP contribution is -2.20. The third-order valence-corrected chi connectivity index (χ3v) is 7.97. The first kappa shape index (κ1) is 22.7. The number of fused-ring (bicyclic) bond motifs is 1. The van der Waals surface area contributed by atoms with E-state index in [1.807, 2.05) is 0 Å². The molecule has 2 aromatic rings. The highest BCUT2D eigenvalue weighted by Crippen LogP contribution is 2.39. The number of carbonyl (C=O) groups excluding carboxylic acids is 1. The zero-order chi connectivity index (χ0) is 22.5. The van der Waals surface area contributed by atoms with E-state index in [2.05, 4.69) is 14.7 Å². The van der Waals surface area contributed by atoms with Crippen molar-refractivity contribution < 1.29 is 27.3 Å². The standard InChI is InChI=1S/C18H21F3N4O3S2/c1-9-14(10-5-4-6-11(10)23-15(9)18(19,20)21)24-16(26)25-30(22,28)13-8-7-12(29-13)17(2,3)27/h7-8,27H,4-6H2,1-3H3,(H3,22,23,24,25,26,28). The molecule has 12 heteroatoms. The van der Waals surface area contributed by atoms with E-state index in [0.717, 1.165) is 11.3 Å². The first-order chi connectivity index (χ1) is 13.7. The molecule has 30 heavy (non-hydrogen) atoms. The lowest BCUT2D eigenvalue weighted by Gasteiger charge is -2.17. The molecule has 164 valence electrons. The minimum Gasteiger partial charge on any atom is -0.385 e. The molecule has 0 fully saturated rings. The second-order valence-electron chi connectivity index (χ2n) is 7.50. The molecular weight excluding hydrogens is 441 g/mol. The predicted molar refractivity (Wildman–Crippen MR) is 108 cm³/mol. The first-order valence-corrected chi connectivity index (χ1v) is 11.4. The molecule has 0 aromatic carbocycles. The third-order valence-electron chi connectivity index (χ3n) is 4.66. The lowest BCUT2D eigenvalue weighted by molar-refractivity contribution is -0.141. The summed E-state index contributed by atoms with van der Waals surface area (Å²) < 4.78 is 56.4. The van der Waals surface area contributed by atoms with Crippen molar-refractivity contribution in [2.24, 2.45) is 9.50 Å². The van der Waals surface area contributed by atoms with Crippen LogP contribution in [0.25, 0.3) is 0 Å². The topological polar surface area (TPSA) is 118 Å². The molecule has 2 aromatic heterocycles. The van der Waals surface area contributed by atoms with Gasteiger partial charge < -0.3 is 10.4 Å². The average molecular weight is 463 g/mol. The second kappa shape index (κ2) is 7.59. The van der Waals surface area contributed by atoms with Gasteiger partial charge in [0.15, 0.2) is 9.92 Å². The Morgan fingerprint density at radius 1 is 1.33 bits per heavy atom. The van der Waals surface area contributed by atoms with Crippen molar-refractivity contribution in [3.63, 3.8) is 0 Å². The van der Waals surface area contributed by atoms with Crippen LogP contribution in [0.4, 0.5) is 23.7 Å². The Balaban J connectivity index is 1.97. The number of thiophene rings is 1. The Bertz CT molecular complexity index is 1130. The summed E-state index contributed by atoms with van der Waals surface area (Å²) in [4.78, 5) is 16.6. The number of alkyl halides is 3.